The normalized spacial score (nSPS) is 11.3. The Hall–Kier alpha value is -1.85. The predicted molar refractivity (Wildman–Crippen MR) is 90.4 cm³/mol. The largest absolute Gasteiger partial charge is 0.497 e. The van der Waals surface area contributed by atoms with Gasteiger partial charge in [0.2, 0.25) is 0 Å². The van der Waals surface area contributed by atoms with Crippen LogP contribution in [0.1, 0.15) is 18.4 Å². The van der Waals surface area contributed by atoms with Crippen LogP contribution in [0, 0.1) is 0 Å². The molecule has 23 heavy (non-hydrogen) atoms. The number of methoxy groups -OCH3 is 1. The van der Waals surface area contributed by atoms with Gasteiger partial charge in [0.15, 0.2) is 9.84 Å². The summed E-state index contributed by atoms with van der Waals surface area (Å²) in [5, 5.41) is 0. The molecule has 0 aromatic heterocycles. The highest BCUT2D eigenvalue weighted by Crippen LogP contribution is 2.13. The van der Waals surface area contributed by atoms with Crippen LogP contribution in [0.3, 0.4) is 0 Å². The van der Waals surface area contributed by atoms with E-state index >= 15 is 0 Å². The quantitative estimate of drug-likeness (QED) is 0.659. The van der Waals surface area contributed by atoms with E-state index in [0.29, 0.717) is 24.5 Å². The van der Waals surface area contributed by atoms with Crippen molar-refractivity contribution in [1.29, 1.82) is 0 Å². The molecule has 2 aromatic carbocycles. The molecule has 0 bridgehead atoms. The molecule has 0 fully saturated rings. The van der Waals surface area contributed by atoms with Crippen LogP contribution in [-0.4, -0.2) is 27.9 Å². The van der Waals surface area contributed by atoms with Crippen LogP contribution < -0.4 is 4.74 Å². The second kappa shape index (κ2) is 8.70. The Morgan fingerprint density at radius 2 is 1.61 bits per heavy atom. The molecule has 0 radical (unpaired) electrons. The highest BCUT2D eigenvalue weighted by atomic mass is 32.2. The maximum Gasteiger partial charge on any atom is 0.178 e. The predicted octanol–water partition coefficient (Wildman–Crippen LogP) is 3.47. The topological polar surface area (TPSA) is 52.6 Å². The summed E-state index contributed by atoms with van der Waals surface area (Å²) in [4.78, 5) is 0.388. The standard InChI is InChI=1S/C18H22O4S/c1-21-17-11-9-16(10-12-17)15-22-13-5-6-14-23(19,20)18-7-3-2-4-8-18/h2-4,7-12H,5-6,13-15H2,1H3. The van der Waals surface area contributed by atoms with Crippen molar-refractivity contribution in [2.45, 2.75) is 24.3 Å². The van der Waals surface area contributed by atoms with Crippen LogP contribution >= 0.6 is 0 Å². The molecule has 2 aromatic rings. The summed E-state index contributed by atoms with van der Waals surface area (Å²) >= 11 is 0. The van der Waals surface area contributed by atoms with Gasteiger partial charge in [0.05, 0.1) is 24.4 Å². The van der Waals surface area contributed by atoms with Crippen molar-refractivity contribution in [1.82, 2.24) is 0 Å². The number of rotatable bonds is 9. The van der Waals surface area contributed by atoms with E-state index in [9.17, 15) is 8.42 Å². The monoisotopic (exact) mass is 334 g/mol. The maximum atomic E-state index is 12.1. The van der Waals surface area contributed by atoms with E-state index in [2.05, 4.69) is 0 Å². The van der Waals surface area contributed by atoms with Crippen LogP contribution in [-0.2, 0) is 21.2 Å². The zero-order valence-electron chi connectivity index (χ0n) is 13.3. The highest BCUT2D eigenvalue weighted by molar-refractivity contribution is 7.91. The number of sulfone groups is 1. The summed E-state index contributed by atoms with van der Waals surface area (Å²) < 4.78 is 34.9. The van der Waals surface area contributed by atoms with E-state index in [4.69, 9.17) is 9.47 Å². The summed E-state index contributed by atoms with van der Waals surface area (Å²) in [5.74, 6) is 0.975. The van der Waals surface area contributed by atoms with E-state index in [1.165, 1.54) is 0 Å². The molecule has 0 aliphatic rings. The van der Waals surface area contributed by atoms with Gasteiger partial charge in [-0.15, -0.1) is 0 Å². The van der Waals surface area contributed by atoms with Gasteiger partial charge in [-0.05, 0) is 42.7 Å². The number of benzene rings is 2. The molecule has 0 saturated carbocycles. The van der Waals surface area contributed by atoms with E-state index < -0.39 is 9.84 Å². The lowest BCUT2D eigenvalue weighted by Gasteiger charge is -2.06. The second-order valence-corrected chi connectivity index (χ2v) is 7.35. The molecule has 0 atom stereocenters. The Kier molecular flexibility index (Phi) is 6.62. The summed E-state index contributed by atoms with van der Waals surface area (Å²) in [6, 6.07) is 16.3. The molecular formula is C18H22O4S. The Labute approximate surface area is 138 Å². The lowest BCUT2D eigenvalue weighted by molar-refractivity contribution is 0.118. The van der Waals surface area contributed by atoms with Crippen molar-refractivity contribution in [2.75, 3.05) is 19.5 Å². The van der Waals surface area contributed by atoms with Crippen LogP contribution in [0.2, 0.25) is 0 Å². The SMILES string of the molecule is COc1ccc(COCCCCS(=O)(=O)c2ccccc2)cc1. The van der Waals surface area contributed by atoms with E-state index in [-0.39, 0.29) is 5.75 Å². The van der Waals surface area contributed by atoms with Crippen molar-refractivity contribution < 1.29 is 17.9 Å². The Balaban J connectivity index is 1.66. The van der Waals surface area contributed by atoms with Crippen molar-refractivity contribution in [3.8, 4) is 5.75 Å². The number of hydrogen-bond acceptors (Lipinski definition) is 4. The average Bonchev–Trinajstić information content (AvgIpc) is 2.59. The fourth-order valence-electron chi connectivity index (χ4n) is 2.15. The average molecular weight is 334 g/mol. The van der Waals surface area contributed by atoms with Crippen molar-refractivity contribution in [3.63, 3.8) is 0 Å². The molecular weight excluding hydrogens is 312 g/mol. The third-order valence-electron chi connectivity index (χ3n) is 3.48. The fraction of sp³-hybridized carbons (Fsp3) is 0.333. The van der Waals surface area contributed by atoms with Crippen LogP contribution in [0.15, 0.2) is 59.5 Å². The minimum atomic E-state index is -3.18. The number of ether oxygens (including phenoxy) is 2. The first-order valence-corrected chi connectivity index (χ1v) is 9.25. The summed E-state index contributed by atoms with van der Waals surface area (Å²) in [6.07, 6.45) is 1.32. The van der Waals surface area contributed by atoms with Gasteiger partial charge in [0, 0.05) is 6.61 Å². The third kappa shape index (κ3) is 5.69. The number of unbranched alkanes of at least 4 members (excludes halogenated alkanes) is 1. The van der Waals surface area contributed by atoms with Gasteiger partial charge in [0.1, 0.15) is 5.75 Å². The van der Waals surface area contributed by atoms with Crippen LogP contribution in [0.4, 0.5) is 0 Å². The molecule has 124 valence electrons. The van der Waals surface area contributed by atoms with Gasteiger partial charge in [-0.3, -0.25) is 0 Å². The van der Waals surface area contributed by atoms with Crippen LogP contribution in [0.25, 0.3) is 0 Å². The Bertz CT molecular complexity index is 679. The van der Waals surface area contributed by atoms with Gasteiger partial charge in [-0.25, -0.2) is 8.42 Å². The molecule has 2 rings (SSSR count). The summed E-state index contributed by atoms with van der Waals surface area (Å²) in [7, 11) is -1.54. The van der Waals surface area contributed by atoms with Crippen LogP contribution in [0.5, 0.6) is 5.75 Å². The lowest BCUT2D eigenvalue weighted by Crippen LogP contribution is -2.07. The molecule has 0 aliphatic heterocycles. The minimum Gasteiger partial charge on any atom is -0.497 e. The molecule has 5 heteroatoms. The molecule has 4 nitrogen and oxygen atoms in total. The molecule has 0 amide bonds. The Morgan fingerprint density at radius 1 is 0.913 bits per heavy atom. The van der Waals surface area contributed by atoms with Gasteiger partial charge in [0.25, 0.3) is 0 Å². The third-order valence-corrected chi connectivity index (χ3v) is 5.30. The molecule has 0 aliphatic carbocycles. The van der Waals surface area contributed by atoms with Gasteiger partial charge in [-0.1, -0.05) is 30.3 Å². The first-order chi connectivity index (χ1) is 11.1. The van der Waals surface area contributed by atoms with Gasteiger partial charge >= 0.3 is 0 Å². The van der Waals surface area contributed by atoms with Gasteiger partial charge < -0.3 is 9.47 Å². The highest BCUT2D eigenvalue weighted by Gasteiger charge is 2.12. The first-order valence-electron chi connectivity index (χ1n) is 7.60. The zero-order chi connectivity index (χ0) is 16.5. The molecule has 0 spiro atoms. The van der Waals surface area contributed by atoms with E-state index in [1.807, 2.05) is 30.3 Å². The molecule has 0 unspecified atom stereocenters. The fourth-order valence-corrected chi connectivity index (χ4v) is 3.55. The van der Waals surface area contributed by atoms with E-state index in [1.54, 1.807) is 31.4 Å². The van der Waals surface area contributed by atoms with Crippen molar-refractivity contribution in [2.24, 2.45) is 0 Å². The summed E-state index contributed by atoms with van der Waals surface area (Å²) in [6.45, 7) is 1.08. The van der Waals surface area contributed by atoms with Crippen molar-refractivity contribution >= 4 is 9.84 Å². The first kappa shape index (κ1) is 17.5. The minimum absolute atomic E-state index is 0.156. The lowest BCUT2D eigenvalue weighted by atomic mass is 10.2. The molecule has 0 N–H and O–H groups in total. The smallest absolute Gasteiger partial charge is 0.178 e. The van der Waals surface area contributed by atoms with E-state index in [0.717, 1.165) is 17.7 Å². The summed E-state index contributed by atoms with van der Waals surface area (Å²) in [5.41, 5.74) is 1.07. The number of hydrogen-bond donors (Lipinski definition) is 0. The second-order valence-electron chi connectivity index (χ2n) is 5.24. The van der Waals surface area contributed by atoms with Crippen molar-refractivity contribution in [3.05, 3.63) is 60.2 Å². The molecule has 0 heterocycles. The Morgan fingerprint density at radius 3 is 2.26 bits per heavy atom. The van der Waals surface area contributed by atoms with Gasteiger partial charge in [-0.2, -0.15) is 0 Å². The maximum absolute atomic E-state index is 12.1. The zero-order valence-corrected chi connectivity index (χ0v) is 14.1. The molecule has 0 saturated heterocycles.